The first kappa shape index (κ1) is 11.8. The Balaban J connectivity index is 2.23. The third-order valence-corrected chi connectivity index (χ3v) is 3.42. The normalized spacial score (nSPS) is 30.6. The standard InChI is InChI=1S/C12H14BrNO2/c1-12(8-15)7-11(14(2)16-12)9-3-5-10(13)6-4-9/h3-6,8,11H,7H2,1-2H3/t11-,12+/m1/s1. The average Bonchev–Trinajstić information content (AvgIpc) is 2.57. The van der Waals surface area contributed by atoms with Crippen LogP contribution in [-0.4, -0.2) is 24.0 Å². The van der Waals surface area contributed by atoms with Gasteiger partial charge >= 0.3 is 0 Å². The molecular formula is C12H14BrNO2. The molecule has 1 saturated heterocycles. The highest BCUT2D eigenvalue weighted by atomic mass is 79.9. The lowest BCUT2D eigenvalue weighted by atomic mass is 9.95. The van der Waals surface area contributed by atoms with Gasteiger partial charge in [-0.25, -0.2) is 0 Å². The van der Waals surface area contributed by atoms with E-state index in [9.17, 15) is 4.79 Å². The van der Waals surface area contributed by atoms with E-state index in [2.05, 4.69) is 15.9 Å². The first-order valence-electron chi connectivity index (χ1n) is 5.18. The van der Waals surface area contributed by atoms with E-state index in [0.29, 0.717) is 6.42 Å². The van der Waals surface area contributed by atoms with E-state index in [0.717, 1.165) is 16.3 Å². The Morgan fingerprint density at radius 3 is 2.62 bits per heavy atom. The quantitative estimate of drug-likeness (QED) is 0.782. The number of hydroxylamine groups is 2. The monoisotopic (exact) mass is 283 g/mol. The number of aldehydes is 1. The molecule has 0 saturated carbocycles. The maximum atomic E-state index is 10.9. The summed E-state index contributed by atoms with van der Waals surface area (Å²) in [6, 6.07) is 8.23. The van der Waals surface area contributed by atoms with Gasteiger partial charge in [0.1, 0.15) is 5.60 Å². The van der Waals surface area contributed by atoms with Crippen LogP contribution in [0.4, 0.5) is 0 Å². The number of carbonyl (C=O) groups excluding carboxylic acids is 1. The van der Waals surface area contributed by atoms with Crippen LogP contribution in [0.25, 0.3) is 0 Å². The lowest BCUT2D eigenvalue weighted by Gasteiger charge is -2.18. The lowest BCUT2D eigenvalue weighted by Crippen LogP contribution is -2.27. The molecule has 0 amide bonds. The number of nitrogens with zero attached hydrogens (tertiary/aromatic N) is 1. The predicted molar refractivity (Wildman–Crippen MR) is 64.8 cm³/mol. The van der Waals surface area contributed by atoms with Gasteiger partial charge in [-0.2, -0.15) is 5.06 Å². The molecule has 1 aliphatic heterocycles. The Morgan fingerprint density at radius 2 is 2.12 bits per heavy atom. The molecule has 0 radical (unpaired) electrons. The van der Waals surface area contributed by atoms with Gasteiger partial charge in [-0.3, -0.25) is 4.84 Å². The molecule has 1 heterocycles. The second-order valence-electron chi connectivity index (χ2n) is 4.34. The number of carbonyl (C=O) groups is 1. The summed E-state index contributed by atoms with van der Waals surface area (Å²) in [7, 11) is 1.86. The zero-order valence-electron chi connectivity index (χ0n) is 9.31. The molecule has 16 heavy (non-hydrogen) atoms. The molecule has 0 aliphatic carbocycles. The summed E-state index contributed by atoms with van der Waals surface area (Å²) in [5.74, 6) is 0. The fraction of sp³-hybridized carbons (Fsp3) is 0.417. The highest BCUT2D eigenvalue weighted by Gasteiger charge is 2.41. The van der Waals surface area contributed by atoms with Crippen LogP contribution in [0.5, 0.6) is 0 Å². The summed E-state index contributed by atoms with van der Waals surface area (Å²) in [6.45, 7) is 1.81. The minimum atomic E-state index is -0.688. The zero-order valence-corrected chi connectivity index (χ0v) is 10.9. The molecule has 0 N–H and O–H groups in total. The Hall–Kier alpha value is -0.710. The van der Waals surface area contributed by atoms with Gasteiger partial charge in [-0.1, -0.05) is 28.1 Å². The fourth-order valence-electron chi connectivity index (χ4n) is 2.02. The molecule has 3 nitrogen and oxygen atoms in total. The Morgan fingerprint density at radius 1 is 1.50 bits per heavy atom. The van der Waals surface area contributed by atoms with Gasteiger partial charge in [0.05, 0.1) is 6.04 Å². The molecule has 0 spiro atoms. The van der Waals surface area contributed by atoms with Gasteiger partial charge in [0.25, 0.3) is 0 Å². The summed E-state index contributed by atoms with van der Waals surface area (Å²) in [4.78, 5) is 16.5. The molecule has 1 aromatic carbocycles. The summed E-state index contributed by atoms with van der Waals surface area (Å²) < 4.78 is 1.05. The summed E-state index contributed by atoms with van der Waals surface area (Å²) in [6.07, 6.45) is 1.57. The van der Waals surface area contributed by atoms with E-state index in [-0.39, 0.29) is 6.04 Å². The van der Waals surface area contributed by atoms with Crippen molar-refractivity contribution in [2.45, 2.75) is 25.0 Å². The molecule has 4 heteroatoms. The molecule has 0 bridgehead atoms. The van der Waals surface area contributed by atoms with Gasteiger partial charge in [-0.15, -0.1) is 0 Å². The molecule has 0 unspecified atom stereocenters. The highest BCUT2D eigenvalue weighted by Crippen LogP contribution is 2.38. The third-order valence-electron chi connectivity index (χ3n) is 2.89. The topological polar surface area (TPSA) is 29.5 Å². The lowest BCUT2D eigenvalue weighted by molar-refractivity contribution is -0.182. The molecule has 2 atom stereocenters. The van der Waals surface area contributed by atoms with Crippen LogP contribution in [0.2, 0.25) is 0 Å². The van der Waals surface area contributed by atoms with Crippen molar-refractivity contribution in [2.75, 3.05) is 7.05 Å². The van der Waals surface area contributed by atoms with E-state index < -0.39 is 5.60 Å². The van der Waals surface area contributed by atoms with Crippen molar-refractivity contribution in [3.63, 3.8) is 0 Å². The summed E-state index contributed by atoms with van der Waals surface area (Å²) in [5, 5.41) is 1.76. The maximum absolute atomic E-state index is 10.9. The van der Waals surface area contributed by atoms with E-state index in [1.54, 1.807) is 5.06 Å². The van der Waals surface area contributed by atoms with Crippen LogP contribution in [0.3, 0.4) is 0 Å². The molecule has 2 rings (SSSR count). The summed E-state index contributed by atoms with van der Waals surface area (Å²) in [5.41, 5.74) is 0.475. The van der Waals surface area contributed by atoms with Crippen molar-refractivity contribution in [1.29, 1.82) is 0 Å². The van der Waals surface area contributed by atoms with Crippen molar-refractivity contribution in [1.82, 2.24) is 5.06 Å². The molecule has 86 valence electrons. The van der Waals surface area contributed by atoms with Crippen LogP contribution >= 0.6 is 15.9 Å². The second-order valence-corrected chi connectivity index (χ2v) is 5.26. The van der Waals surface area contributed by atoms with Gasteiger partial charge in [0.2, 0.25) is 0 Å². The van der Waals surface area contributed by atoms with Crippen molar-refractivity contribution < 1.29 is 9.63 Å². The number of benzene rings is 1. The van der Waals surface area contributed by atoms with E-state index in [4.69, 9.17) is 4.84 Å². The van der Waals surface area contributed by atoms with Crippen molar-refractivity contribution in [3.8, 4) is 0 Å². The van der Waals surface area contributed by atoms with E-state index in [1.807, 2.05) is 38.2 Å². The van der Waals surface area contributed by atoms with Gasteiger partial charge in [-0.05, 0) is 24.6 Å². The largest absolute Gasteiger partial charge is 0.300 e. The molecule has 1 fully saturated rings. The average molecular weight is 284 g/mol. The van der Waals surface area contributed by atoms with Crippen molar-refractivity contribution in [2.24, 2.45) is 0 Å². The molecule has 0 aromatic heterocycles. The van der Waals surface area contributed by atoms with E-state index in [1.165, 1.54) is 0 Å². The van der Waals surface area contributed by atoms with Gasteiger partial charge in [0, 0.05) is 17.9 Å². The Bertz CT molecular complexity index is 393. The first-order valence-corrected chi connectivity index (χ1v) is 5.97. The smallest absolute Gasteiger partial charge is 0.153 e. The van der Waals surface area contributed by atoms with Gasteiger partial charge < -0.3 is 4.79 Å². The van der Waals surface area contributed by atoms with E-state index >= 15 is 0 Å². The number of hydrogen-bond donors (Lipinski definition) is 0. The number of rotatable bonds is 2. The Kier molecular flexibility index (Phi) is 3.15. The summed E-state index contributed by atoms with van der Waals surface area (Å²) >= 11 is 3.40. The van der Waals surface area contributed by atoms with Crippen molar-refractivity contribution in [3.05, 3.63) is 34.3 Å². The first-order chi connectivity index (χ1) is 7.54. The second kappa shape index (κ2) is 4.28. The molecular weight excluding hydrogens is 270 g/mol. The zero-order chi connectivity index (χ0) is 11.8. The Labute approximate surface area is 103 Å². The maximum Gasteiger partial charge on any atom is 0.153 e. The molecule has 1 aromatic rings. The van der Waals surface area contributed by atoms with Crippen LogP contribution in [-0.2, 0) is 9.63 Å². The SMILES string of the molecule is CN1O[C@](C)(C=O)C[C@@H]1c1ccc(Br)cc1. The number of hydrogen-bond acceptors (Lipinski definition) is 3. The number of halogens is 1. The third kappa shape index (κ3) is 2.19. The predicted octanol–water partition coefficient (Wildman–Crippen LogP) is 2.71. The van der Waals surface area contributed by atoms with Crippen LogP contribution in [0.1, 0.15) is 24.9 Å². The van der Waals surface area contributed by atoms with Gasteiger partial charge in [0.15, 0.2) is 6.29 Å². The van der Waals surface area contributed by atoms with Crippen LogP contribution in [0.15, 0.2) is 28.7 Å². The minimum absolute atomic E-state index is 0.142. The van der Waals surface area contributed by atoms with Crippen LogP contribution in [0, 0.1) is 0 Å². The van der Waals surface area contributed by atoms with Crippen molar-refractivity contribution >= 4 is 22.2 Å². The highest BCUT2D eigenvalue weighted by molar-refractivity contribution is 9.10. The van der Waals surface area contributed by atoms with Crippen LogP contribution < -0.4 is 0 Å². The minimum Gasteiger partial charge on any atom is -0.300 e. The molecule has 1 aliphatic rings. The fourth-order valence-corrected chi connectivity index (χ4v) is 2.29.